The molecule has 2 bridgehead atoms. The molecule has 13 nitrogen and oxygen atoms in total. The number of fused-ring (bicyclic) bond motifs is 2. The highest BCUT2D eigenvalue weighted by molar-refractivity contribution is 5.98. The van der Waals surface area contributed by atoms with Crippen LogP contribution in [0.15, 0.2) is 55.1 Å². The maximum Gasteiger partial charge on any atom is 0.251 e. The van der Waals surface area contributed by atoms with Crippen LogP contribution >= 0.6 is 0 Å². The first-order valence-electron chi connectivity index (χ1n) is 15.9. The normalized spacial score (nSPS) is 18.1. The van der Waals surface area contributed by atoms with Crippen molar-refractivity contribution in [2.75, 3.05) is 33.9 Å². The molecule has 252 valence electrons. The number of carbonyl (C=O) groups is 4. The van der Waals surface area contributed by atoms with Crippen LogP contribution in [0.4, 0.5) is 0 Å². The van der Waals surface area contributed by atoms with E-state index in [1.807, 2.05) is 26.0 Å². The summed E-state index contributed by atoms with van der Waals surface area (Å²) in [5, 5.41) is 13.0. The Morgan fingerprint density at radius 1 is 1.04 bits per heavy atom. The summed E-state index contributed by atoms with van der Waals surface area (Å²) in [7, 11) is 3.14. The number of nitrogens with zero attached hydrogens (tertiary/aromatic N) is 4. The van der Waals surface area contributed by atoms with Gasteiger partial charge in [0.25, 0.3) is 5.91 Å². The first-order valence-corrected chi connectivity index (χ1v) is 15.9. The van der Waals surface area contributed by atoms with Crippen LogP contribution in [-0.2, 0) is 33.8 Å². The molecule has 0 spiro atoms. The summed E-state index contributed by atoms with van der Waals surface area (Å²) in [6.07, 6.45) is 4.92. The second-order valence-corrected chi connectivity index (χ2v) is 12.1. The Kier molecular flexibility index (Phi) is 12.7. The molecule has 4 amide bonds. The lowest BCUT2D eigenvalue weighted by Crippen LogP contribution is -2.54. The van der Waals surface area contributed by atoms with Crippen molar-refractivity contribution in [2.45, 2.75) is 64.6 Å². The van der Waals surface area contributed by atoms with Gasteiger partial charge < -0.3 is 30.3 Å². The highest BCUT2D eigenvalue weighted by Crippen LogP contribution is 2.22. The first-order chi connectivity index (χ1) is 22.6. The smallest absolute Gasteiger partial charge is 0.251 e. The number of nitrogens with one attached hydrogen (secondary N) is 3. The van der Waals surface area contributed by atoms with Gasteiger partial charge in [-0.15, -0.1) is 0 Å². The Morgan fingerprint density at radius 2 is 1.83 bits per heavy atom. The molecule has 1 aromatic heterocycles. The van der Waals surface area contributed by atoms with Crippen LogP contribution < -0.4 is 25.4 Å². The average Bonchev–Trinajstić information content (AvgIpc) is 3.58. The molecule has 2 heterocycles. The predicted molar refractivity (Wildman–Crippen MR) is 175 cm³/mol. The topological polar surface area (TPSA) is 157 Å². The fourth-order valence-electron chi connectivity index (χ4n) is 5.59. The number of aryl methyl sites for hydroxylation is 2. The quantitative estimate of drug-likeness (QED) is 0.319. The molecule has 0 fully saturated rings. The van der Waals surface area contributed by atoms with Gasteiger partial charge in [-0.1, -0.05) is 26.0 Å². The first kappa shape index (κ1) is 34.9. The lowest BCUT2D eigenvalue weighted by atomic mass is 10.00. The molecule has 4 rings (SSSR count). The zero-order valence-corrected chi connectivity index (χ0v) is 27.5. The molecule has 0 radical (unpaired) electrons. The number of hydrogen-bond acceptors (Lipinski definition) is 8. The lowest BCUT2D eigenvalue weighted by molar-refractivity contribution is -0.137. The minimum Gasteiger partial charge on any atom is -0.497 e. The zero-order chi connectivity index (χ0) is 33.8. The van der Waals surface area contributed by atoms with Crippen LogP contribution in [0.1, 0.15) is 54.6 Å². The van der Waals surface area contributed by atoms with Gasteiger partial charge in [-0.05, 0) is 66.6 Å². The van der Waals surface area contributed by atoms with Crippen LogP contribution in [-0.4, -0.2) is 89.2 Å². The third-order valence-corrected chi connectivity index (χ3v) is 7.96. The monoisotopic (exact) mass is 647 g/mol. The van der Waals surface area contributed by atoms with Crippen molar-refractivity contribution in [3.63, 3.8) is 0 Å². The van der Waals surface area contributed by atoms with Gasteiger partial charge in [0, 0.05) is 37.5 Å². The molecule has 3 aromatic rings. The molecule has 3 N–H and O–H groups in total. The molecule has 1 aliphatic heterocycles. The highest BCUT2D eigenvalue weighted by Gasteiger charge is 2.28. The zero-order valence-electron chi connectivity index (χ0n) is 27.5. The van der Waals surface area contributed by atoms with Gasteiger partial charge in [-0.3, -0.25) is 23.9 Å². The second kappa shape index (κ2) is 17.1. The SMILES string of the molecule is COc1ccc(C[C@@H]2NC(=O)c3ccc(OC)c(c3)CCCNC(=O)CN(C(=O)CCn3cncn3)C[C@H](CC(C)C)NC2=O)cc1. The van der Waals surface area contributed by atoms with Gasteiger partial charge in [0.2, 0.25) is 17.7 Å². The number of ether oxygens (including phenoxy) is 2. The van der Waals surface area contributed by atoms with E-state index in [0.29, 0.717) is 49.4 Å². The average molecular weight is 648 g/mol. The largest absolute Gasteiger partial charge is 0.497 e. The number of rotatable bonds is 9. The van der Waals surface area contributed by atoms with Gasteiger partial charge in [0.1, 0.15) is 30.2 Å². The summed E-state index contributed by atoms with van der Waals surface area (Å²) in [6.45, 7) is 4.68. The molecule has 0 saturated heterocycles. The van der Waals surface area contributed by atoms with Crippen LogP contribution in [0.2, 0.25) is 0 Å². The molecule has 1 aliphatic rings. The summed E-state index contributed by atoms with van der Waals surface area (Å²) < 4.78 is 12.4. The minimum atomic E-state index is -0.924. The van der Waals surface area contributed by atoms with Gasteiger partial charge >= 0.3 is 0 Å². The number of carbonyl (C=O) groups excluding carboxylic acids is 4. The molecule has 0 unspecified atom stereocenters. The molecule has 2 atom stereocenters. The molecule has 2 aromatic carbocycles. The van der Waals surface area contributed by atoms with Crippen molar-refractivity contribution in [1.29, 1.82) is 0 Å². The number of methoxy groups -OCH3 is 2. The van der Waals surface area contributed by atoms with Crippen molar-refractivity contribution in [3.05, 3.63) is 71.8 Å². The molecule has 13 heteroatoms. The van der Waals surface area contributed by atoms with Crippen molar-refractivity contribution < 1.29 is 28.7 Å². The van der Waals surface area contributed by atoms with E-state index in [1.54, 1.807) is 49.2 Å². The van der Waals surface area contributed by atoms with Crippen LogP contribution in [0.3, 0.4) is 0 Å². The van der Waals surface area contributed by atoms with Crippen LogP contribution in [0.25, 0.3) is 0 Å². The molecular weight excluding hydrogens is 602 g/mol. The Labute approximate surface area is 275 Å². The Hall–Kier alpha value is -4.94. The third kappa shape index (κ3) is 10.5. The summed E-state index contributed by atoms with van der Waals surface area (Å²) >= 11 is 0. The molecule has 0 aliphatic carbocycles. The van der Waals surface area contributed by atoms with Crippen LogP contribution in [0.5, 0.6) is 11.5 Å². The maximum absolute atomic E-state index is 14.0. The van der Waals surface area contributed by atoms with E-state index in [-0.39, 0.29) is 43.7 Å². The summed E-state index contributed by atoms with van der Waals surface area (Å²) in [4.78, 5) is 59.6. The maximum atomic E-state index is 14.0. The summed E-state index contributed by atoms with van der Waals surface area (Å²) in [5.41, 5.74) is 2.02. The van der Waals surface area contributed by atoms with E-state index in [9.17, 15) is 19.2 Å². The van der Waals surface area contributed by atoms with E-state index >= 15 is 0 Å². The molecular formula is C34H45N7O6. The number of hydrogen-bond donors (Lipinski definition) is 3. The minimum absolute atomic E-state index is 0.102. The van der Waals surface area contributed by atoms with E-state index in [1.165, 1.54) is 17.6 Å². The Balaban J connectivity index is 1.65. The highest BCUT2D eigenvalue weighted by atomic mass is 16.5. The number of benzene rings is 2. The predicted octanol–water partition coefficient (Wildman–Crippen LogP) is 2.15. The van der Waals surface area contributed by atoms with Crippen molar-refractivity contribution in [3.8, 4) is 11.5 Å². The number of amides is 4. The summed E-state index contributed by atoms with van der Waals surface area (Å²) in [5.74, 6) is 0.134. The Morgan fingerprint density at radius 3 is 2.51 bits per heavy atom. The summed E-state index contributed by atoms with van der Waals surface area (Å²) in [6, 6.07) is 11.1. The van der Waals surface area contributed by atoms with Gasteiger partial charge in [-0.25, -0.2) is 4.98 Å². The van der Waals surface area contributed by atoms with Gasteiger partial charge in [0.05, 0.1) is 27.3 Å². The van der Waals surface area contributed by atoms with Gasteiger partial charge in [0.15, 0.2) is 0 Å². The Bertz CT molecular complexity index is 1490. The van der Waals surface area contributed by atoms with E-state index in [2.05, 4.69) is 26.0 Å². The standard InChI is InChI=1S/C34H45N7O6/c1-23(2)16-27-19-40(32(43)13-15-41-22-35-21-37-41)20-31(42)36-14-5-6-25-18-26(9-12-30(25)47-4)33(44)39-29(34(45)38-27)17-24-7-10-28(46-3)11-8-24/h7-12,18,21-23,27,29H,5-6,13-17,19-20H2,1-4H3,(H,36,42)(H,38,45)(H,39,44)/t27-,29-/m0/s1. The fourth-order valence-corrected chi connectivity index (χ4v) is 5.59. The fraction of sp³-hybridized carbons (Fsp3) is 0.471. The van der Waals surface area contributed by atoms with Crippen LogP contribution in [0, 0.1) is 5.92 Å². The van der Waals surface area contributed by atoms with Gasteiger partial charge in [-0.2, -0.15) is 5.10 Å². The van der Waals surface area contributed by atoms with Crippen molar-refractivity contribution in [2.24, 2.45) is 5.92 Å². The van der Waals surface area contributed by atoms with Crippen molar-refractivity contribution in [1.82, 2.24) is 35.6 Å². The van der Waals surface area contributed by atoms with Crippen molar-refractivity contribution >= 4 is 23.6 Å². The molecule has 47 heavy (non-hydrogen) atoms. The number of aromatic nitrogens is 3. The third-order valence-electron chi connectivity index (χ3n) is 7.96. The lowest BCUT2D eigenvalue weighted by Gasteiger charge is -2.30. The van der Waals surface area contributed by atoms with E-state index in [4.69, 9.17) is 9.47 Å². The molecule has 0 saturated carbocycles. The van der Waals surface area contributed by atoms with E-state index in [0.717, 1.165) is 11.1 Å². The van der Waals surface area contributed by atoms with E-state index < -0.39 is 23.9 Å². The second-order valence-electron chi connectivity index (χ2n) is 12.1.